The van der Waals surface area contributed by atoms with Gasteiger partial charge in [0.15, 0.2) is 6.61 Å². The van der Waals surface area contributed by atoms with Crippen molar-refractivity contribution < 1.29 is 9.53 Å². The van der Waals surface area contributed by atoms with Crippen molar-refractivity contribution in [3.63, 3.8) is 0 Å². The standard InChI is InChI=1S/C11H10Cl2N2O2/c12-8-2-3-9(13)10(6-8)17-7-11(16)15-5-1-4-14/h2-3,6H,1,5,7H2,(H,15,16). The number of benzene rings is 1. The van der Waals surface area contributed by atoms with E-state index in [-0.39, 0.29) is 18.9 Å². The van der Waals surface area contributed by atoms with Crippen molar-refractivity contribution >= 4 is 29.1 Å². The van der Waals surface area contributed by atoms with Gasteiger partial charge in [-0.3, -0.25) is 4.79 Å². The SMILES string of the molecule is N#CCCNC(=O)COc1cc(Cl)ccc1Cl. The molecule has 0 aliphatic carbocycles. The van der Waals surface area contributed by atoms with Gasteiger partial charge in [0.1, 0.15) is 5.75 Å². The second-order valence-electron chi connectivity index (χ2n) is 3.12. The molecule has 1 rings (SSSR count). The Kier molecular flexibility index (Phi) is 5.61. The Morgan fingerprint density at radius 3 is 2.94 bits per heavy atom. The number of nitrogens with one attached hydrogen (secondary N) is 1. The Labute approximate surface area is 109 Å². The molecular weight excluding hydrogens is 263 g/mol. The smallest absolute Gasteiger partial charge is 0.257 e. The number of halogens is 2. The lowest BCUT2D eigenvalue weighted by molar-refractivity contribution is -0.123. The zero-order chi connectivity index (χ0) is 12.7. The number of amides is 1. The van der Waals surface area contributed by atoms with Gasteiger partial charge in [-0.05, 0) is 12.1 Å². The van der Waals surface area contributed by atoms with Gasteiger partial charge in [-0.2, -0.15) is 5.26 Å². The summed E-state index contributed by atoms with van der Waals surface area (Å²) in [7, 11) is 0. The summed E-state index contributed by atoms with van der Waals surface area (Å²) in [6, 6.07) is 6.67. The van der Waals surface area contributed by atoms with Gasteiger partial charge in [0.25, 0.3) is 5.91 Å². The number of carbonyl (C=O) groups is 1. The van der Waals surface area contributed by atoms with Crippen LogP contribution < -0.4 is 10.1 Å². The fourth-order valence-electron chi connectivity index (χ4n) is 1.04. The summed E-state index contributed by atoms with van der Waals surface area (Å²) in [6.45, 7) is 0.146. The Morgan fingerprint density at radius 1 is 1.47 bits per heavy atom. The normalized spacial score (nSPS) is 9.47. The number of nitriles is 1. The van der Waals surface area contributed by atoms with Crippen LogP contribution in [0.4, 0.5) is 0 Å². The van der Waals surface area contributed by atoms with E-state index in [1.54, 1.807) is 12.1 Å². The van der Waals surface area contributed by atoms with Crippen LogP contribution in [-0.4, -0.2) is 19.1 Å². The molecule has 6 heteroatoms. The molecule has 0 fully saturated rings. The number of nitrogens with zero attached hydrogens (tertiary/aromatic N) is 1. The topological polar surface area (TPSA) is 62.1 Å². The van der Waals surface area contributed by atoms with Gasteiger partial charge in [0.05, 0.1) is 17.5 Å². The van der Waals surface area contributed by atoms with Gasteiger partial charge in [-0.1, -0.05) is 23.2 Å². The average Bonchev–Trinajstić information content (AvgIpc) is 2.31. The highest BCUT2D eigenvalue weighted by Gasteiger charge is 2.06. The largest absolute Gasteiger partial charge is 0.482 e. The maximum absolute atomic E-state index is 11.3. The lowest BCUT2D eigenvalue weighted by Gasteiger charge is -2.08. The molecule has 0 aliphatic rings. The number of hydrogen-bond donors (Lipinski definition) is 1. The lowest BCUT2D eigenvalue weighted by Crippen LogP contribution is -2.29. The fraction of sp³-hybridized carbons (Fsp3) is 0.273. The Bertz CT molecular complexity index is 444. The summed E-state index contributed by atoms with van der Waals surface area (Å²) in [4.78, 5) is 11.3. The van der Waals surface area contributed by atoms with Crippen LogP contribution in [0.5, 0.6) is 5.75 Å². The maximum atomic E-state index is 11.3. The molecule has 17 heavy (non-hydrogen) atoms. The van der Waals surface area contributed by atoms with Crippen molar-refractivity contribution in [3.05, 3.63) is 28.2 Å². The van der Waals surface area contributed by atoms with E-state index in [0.29, 0.717) is 22.3 Å². The van der Waals surface area contributed by atoms with Crippen LogP contribution in [0.25, 0.3) is 0 Å². The molecule has 1 aromatic rings. The van der Waals surface area contributed by atoms with Gasteiger partial charge >= 0.3 is 0 Å². The number of carbonyl (C=O) groups excluding carboxylic acids is 1. The molecule has 1 amide bonds. The molecule has 1 N–H and O–H groups in total. The van der Waals surface area contributed by atoms with Gasteiger partial charge in [-0.25, -0.2) is 0 Å². The first-order valence-electron chi connectivity index (χ1n) is 4.85. The van der Waals surface area contributed by atoms with E-state index in [2.05, 4.69) is 5.32 Å². The number of ether oxygens (including phenoxy) is 1. The average molecular weight is 273 g/mol. The maximum Gasteiger partial charge on any atom is 0.257 e. The predicted octanol–water partition coefficient (Wildman–Crippen LogP) is 2.40. The number of rotatable bonds is 5. The van der Waals surface area contributed by atoms with Crippen LogP contribution in [-0.2, 0) is 4.79 Å². The summed E-state index contributed by atoms with van der Waals surface area (Å²) >= 11 is 11.6. The number of hydrogen-bond acceptors (Lipinski definition) is 3. The zero-order valence-corrected chi connectivity index (χ0v) is 10.4. The molecule has 1 aromatic carbocycles. The van der Waals surface area contributed by atoms with Crippen molar-refractivity contribution in [2.24, 2.45) is 0 Å². The van der Waals surface area contributed by atoms with Crippen molar-refractivity contribution in [2.75, 3.05) is 13.2 Å². The lowest BCUT2D eigenvalue weighted by atomic mass is 10.3. The van der Waals surface area contributed by atoms with E-state index in [0.717, 1.165) is 0 Å². The summed E-state index contributed by atoms with van der Waals surface area (Å²) in [5, 5.41) is 11.7. The van der Waals surface area contributed by atoms with E-state index in [4.69, 9.17) is 33.2 Å². The highest BCUT2D eigenvalue weighted by Crippen LogP contribution is 2.27. The second-order valence-corrected chi connectivity index (χ2v) is 3.97. The van der Waals surface area contributed by atoms with Crippen molar-refractivity contribution in [2.45, 2.75) is 6.42 Å². The third kappa shape index (κ3) is 4.94. The molecule has 0 saturated carbocycles. The molecule has 4 nitrogen and oxygen atoms in total. The molecule has 0 radical (unpaired) electrons. The highest BCUT2D eigenvalue weighted by molar-refractivity contribution is 6.34. The van der Waals surface area contributed by atoms with E-state index >= 15 is 0 Å². The van der Waals surface area contributed by atoms with Gasteiger partial charge in [0, 0.05) is 17.6 Å². The van der Waals surface area contributed by atoms with E-state index < -0.39 is 0 Å². The zero-order valence-electron chi connectivity index (χ0n) is 8.87. The molecule has 0 spiro atoms. The van der Waals surface area contributed by atoms with E-state index in [1.807, 2.05) is 6.07 Å². The van der Waals surface area contributed by atoms with Crippen LogP contribution in [0.2, 0.25) is 10.0 Å². The summed E-state index contributed by atoms with van der Waals surface area (Å²) in [5.41, 5.74) is 0. The first-order chi connectivity index (χ1) is 8.13. The molecule has 0 heterocycles. The van der Waals surface area contributed by atoms with Gasteiger partial charge < -0.3 is 10.1 Å². The van der Waals surface area contributed by atoms with Gasteiger partial charge in [0.2, 0.25) is 0 Å². The fourth-order valence-corrected chi connectivity index (χ4v) is 1.37. The van der Waals surface area contributed by atoms with Crippen LogP contribution in [0.15, 0.2) is 18.2 Å². The Balaban J connectivity index is 2.42. The van der Waals surface area contributed by atoms with Crippen molar-refractivity contribution in [1.82, 2.24) is 5.32 Å². The second kappa shape index (κ2) is 7.00. The Morgan fingerprint density at radius 2 is 2.24 bits per heavy atom. The molecule has 0 unspecified atom stereocenters. The predicted molar refractivity (Wildman–Crippen MR) is 65.2 cm³/mol. The van der Waals surface area contributed by atoms with Crippen LogP contribution >= 0.6 is 23.2 Å². The molecule has 90 valence electrons. The van der Waals surface area contributed by atoms with Crippen molar-refractivity contribution in [1.29, 1.82) is 5.26 Å². The van der Waals surface area contributed by atoms with Crippen LogP contribution in [0.1, 0.15) is 6.42 Å². The minimum atomic E-state index is -0.309. The summed E-state index contributed by atoms with van der Waals surface area (Å²) in [5.74, 6) is 0.0471. The monoisotopic (exact) mass is 272 g/mol. The van der Waals surface area contributed by atoms with E-state index in [1.165, 1.54) is 6.07 Å². The summed E-state index contributed by atoms with van der Waals surface area (Å²) in [6.07, 6.45) is 0.268. The minimum Gasteiger partial charge on any atom is -0.482 e. The minimum absolute atomic E-state index is 0.161. The molecular formula is C11H10Cl2N2O2. The highest BCUT2D eigenvalue weighted by atomic mass is 35.5. The molecule has 0 atom stereocenters. The quantitative estimate of drug-likeness (QED) is 0.838. The third-order valence-electron chi connectivity index (χ3n) is 1.81. The molecule has 0 aromatic heterocycles. The third-order valence-corrected chi connectivity index (χ3v) is 2.36. The molecule has 0 saturated heterocycles. The van der Waals surface area contributed by atoms with Crippen molar-refractivity contribution in [3.8, 4) is 11.8 Å². The van der Waals surface area contributed by atoms with E-state index in [9.17, 15) is 4.79 Å². The first-order valence-corrected chi connectivity index (χ1v) is 5.60. The molecule has 0 aliphatic heterocycles. The van der Waals surface area contributed by atoms with Crippen LogP contribution in [0, 0.1) is 11.3 Å². The van der Waals surface area contributed by atoms with Gasteiger partial charge in [-0.15, -0.1) is 0 Å². The summed E-state index contributed by atoms with van der Waals surface area (Å²) < 4.78 is 5.20. The van der Waals surface area contributed by atoms with Crippen LogP contribution in [0.3, 0.4) is 0 Å². The Hall–Kier alpha value is -1.44. The molecule has 0 bridgehead atoms. The first kappa shape index (κ1) is 13.6.